The lowest BCUT2D eigenvalue weighted by Gasteiger charge is -2.25. The number of para-hydroxylation sites is 2. The van der Waals surface area contributed by atoms with Crippen molar-refractivity contribution in [1.29, 1.82) is 0 Å². The topological polar surface area (TPSA) is 89.9 Å². The van der Waals surface area contributed by atoms with Gasteiger partial charge in [-0.3, -0.25) is 9.69 Å². The number of hydrogen-bond donors (Lipinski definition) is 3. The van der Waals surface area contributed by atoms with Gasteiger partial charge in [-0.05, 0) is 24.1 Å². The molecule has 0 radical (unpaired) electrons. The number of aliphatic carboxylic acids is 1. The highest BCUT2D eigenvalue weighted by atomic mass is 16.4. The van der Waals surface area contributed by atoms with E-state index in [2.05, 4.69) is 5.32 Å². The van der Waals surface area contributed by atoms with Crippen molar-refractivity contribution in [3.8, 4) is 0 Å². The molecule has 0 spiro atoms. The number of aliphatic hydroxyl groups is 1. The van der Waals surface area contributed by atoms with Gasteiger partial charge >= 0.3 is 12.0 Å². The van der Waals surface area contributed by atoms with Crippen molar-refractivity contribution in [2.24, 2.45) is 0 Å². The van der Waals surface area contributed by atoms with Gasteiger partial charge in [-0.2, -0.15) is 0 Å². The summed E-state index contributed by atoms with van der Waals surface area (Å²) >= 11 is 0. The molecule has 3 rings (SSSR count). The summed E-state index contributed by atoms with van der Waals surface area (Å²) in [6.45, 7) is 0.272. The molecular weight excluding hydrogens is 320 g/mol. The smallest absolute Gasteiger partial charge is 0.326 e. The molecule has 0 aromatic heterocycles. The number of anilines is 2. The molecule has 2 aromatic carbocycles. The molecule has 0 saturated carbocycles. The van der Waals surface area contributed by atoms with Crippen LogP contribution < -0.4 is 10.2 Å². The molecule has 2 aromatic rings. The van der Waals surface area contributed by atoms with E-state index >= 15 is 0 Å². The monoisotopic (exact) mass is 340 g/mol. The lowest BCUT2D eigenvalue weighted by atomic mass is 10.0. The second kappa shape index (κ2) is 7.36. The summed E-state index contributed by atoms with van der Waals surface area (Å²) in [6, 6.07) is 14.4. The standard InChI is InChI=1S/C19H20N2O4/c22-17-12-13-6-1-3-8-15(13)21(16-9-4-2-7-14(16)17)19(25)20-11-5-10-18(23)24/h1-4,6-9,17,22H,5,10-12H2,(H,20,25)(H,23,24)/t17-/m1/s1. The molecule has 0 fully saturated rings. The van der Waals surface area contributed by atoms with Gasteiger partial charge in [0.1, 0.15) is 0 Å². The number of aliphatic hydroxyl groups excluding tert-OH is 1. The van der Waals surface area contributed by atoms with E-state index in [9.17, 15) is 14.7 Å². The molecule has 1 aliphatic rings. The summed E-state index contributed by atoms with van der Waals surface area (Å²) in [4.78, 5) is 25.0. The van der Waals surface area contributed by atoms with Crippen molar-refractivity contribution in [2.45, 2.75) is 25.4 Å². The molecule has 0 saturated heterocycles. The van der Waals surface area contributed by atoms with Gasteiger partial charge in [-0.25, -0.2) is 4.79 Å². The number of hydrogen-bond acceptors (Lipinski definition) is 3. The molecule has 2 amide bonds. The number of rotatable bonds is 4. The van der Waals surface area contributed by atoms with Crippen LogP contribution in [0, 0.1) is 0 Å². The van der Waals surface area contributed by atoms with Crippen LogP contribution in [0.2, 0.25) is 0 Å². The highest BCUT2D eigenvalue weighted by molar-refractivity contribution is 6.01. The number of urea groups is 1. The fourth-order valence-corrected chi connectivity index (χ4v) is 3.06. The number of amides is 2. The molecule has 0 bridgehead atoms. The first-order chi connectivity index (χ1) is 12.1. The predicted molar refractivity (Wildman–Crippen MR) is 94.0 cm³/mol. The Balaban J connectivity index is 1.92. The van der Waals surface area contributed by atoms with E-state index in [1.165, 1.54) is 0 Å². The maximum absolute atomic E-state index is 12.8. The fourth-order valence-electron chi connectivity index (χ4n) is 3.06. The molecule has 6 heteroatoms. The first-order valence-electron chi connectivity index (χ1n) is 8.22. The minimum atomic E-state index is -0.886. The molecule has 1 aliphatic heterocycles. The predicted octanol–water partition coefficient (Wildman–Crippen LogP) is 2.99. The van der Waals surface area contributed by atoms with Crippen molar-refractivity contribution in [1.82, 2.24) is 5.32 Å². The van der Waals surface area contributed by atoms with E-state index in [-0.39, 0.29) is 19.0 Å². The molecule has 0 aliphatic carbocycles. The van der Waals surface area contributed by atoms with Gasteiger partial charge in [-0.15, -0.1) is 0 Å². The summed E-state index contributed by atoms with van der Waals surface area (Å²) in [5, 5.41) is 22.0. The van der Waals surface area contributed by atoms with E-state index < -0.39 is 12.1 Å². The van der Waals surface area contributed by atoms with E-state index in [0.717, 1.165) is 11.3 Å². The third-order valence-electron chi connectivity index (χ3n) is 4.23. The van der Waals surface area contributed by atoms with Gasteiger partial charge in [0.15, 0.2) is 0 Å². The second-order valence-electron chi connectivity index (χ2n) is 5.97. The minimum Gasteiger partial charge on any atom is -0.481 e. The first-order valence-corrected chi connectivity index (χ1v) is 8.22. The SMILES string of the molecule is O=C(O)CCCNC(=O)N1c2ccccc2C[C@@H](O)c2ccccc21. The Labute approximate surface area is 145 Å². The fraction of sp³-hybridized carbons (Fsp3) is 0.263. The third-order valence-corrected chi connectivity index (χ3v) is 4.23. The van der Waals surface area contributed by atoms with Crippen molar-refractivity contribution in [3.05, 3.63) is 59.7 Å². The van der Waals surface area contributed by atoms with Gasteiger partial charge < -0.3 is 15.5 Å². The van der Waals surface area contributed by atoms with Gasteiger partial charge in [0.25, 0.3) is 0 Å². The number of carbonyl (C=O) groups excluding carboxylic acids is 1. The summed E-state index contributed by atoms with van der Waals surface area (Å²) in [5.41, 5.74) is 2.93. The zero-order valence-corrected chi connectivity index (χ0v) is 13.7. The summed E-state index contributed by atoms with van der Waals surface area (Å²) in [6.07, 6.45) is 0.102. The lowest BCUT2D eigenvalue weighted by Crippen LogP contribution is -2.38. The van der Waals surface area contributed by atoms with Crippen molar-refractivity contribution in [3.63, 3.8) is 0 Å². The van der Waals surface area contributed by atoms with Crippen LogP contribution in [-0.4, -0.2) is 28.8 Å². The Morgan fingerprint density at radius 3 is 2.52 bits per heavy atom. The Bertz CT molecular complexity index is 790. The molecule has 1 atom stereocenters. The molecule has 1 heterocycles. The largest absolute Gasteiger partial charge is 0.481 e. The van der Waals surface area contributed by atoms with Crippen molar-refractivity contribution < 1.29 is 19.8 Å². The van der Waals surface area contributed by atoms with Crippen LogP contribution in [0.3, 0.4) is 0 Å². The number of carboxylic acids is 1. The van der Waals surface area contributed by atoms with Crippen molar-refractivity contribution >= 4 is 23.4 Å². The minimum absolute atomic E-state index is 0.00612. The van der Waals surface area contributed by atoms with Crippen molar-refractivity contribution in [2.75, 3.05) is 11.4 Å². The van der Waals surface area contributed by atoms with Crippen LogP contribution in [-0.2, 0) is 11.2 Å². The Morgan fingerprint density at radius 2 is 1.76 bits per heavy atom. The van der Waals surface area contributed by atoms with Crippen LogP contribution in [0.5, 0.6) is 0 Å². The average Bonchev–Trinajstić information content (AvgIpc) is 2.72. The number of benzene rings is 2. The highest BCUT2D eigenvalue weighted by Gasteiger charge is 2.29. The third kappa shape index (κ3) is 3.64. The van der Waals surface area contributed by atoms with E-state index in [4.69, 9.17) is 5.11 Å². The summed E-state index contributed by atoms with van der Waals surface area (Å²) in [7, 11) is 0. The number of nitrogens with zero attached hydrogens (tertiary/aromatic N) is 1. The second-order valence-corrected chi connectivity index (χ2v) is 5.97. The highest BCUT2D eigenvalue weighted by Crippen LogP contribution is 2.39. The molecule has 130 valence electrons. The first kappa shape index (κ1) is 17.0. The van der Waals surface area contributed by atoms with Gasteiger partial charge in [0.2, 0.25) is 0 Å². The van der Waals surface area contributed by atoms with Gasteiger partial charge in [0.05, 0.1) is 17.5 Å². The molecule has 6 nitrogen and oxygen atoms in total. The van der Waals surface area contributed by atoms with Gasteiger partial charge in [-0.1, -0.05) is 36.4 Å². The van der Waals surface area contributed by atoms with E-state index in [0.29, 0.717) is 24.1 Å². The number of fused-ring (bicyclic) bond motifs is 2. The van der Waals surface area contributed by atoms with E-state index in [1.54, 1.807) is 11.0 Å². The van der Waals surface area contributed by atoms with Crippen LogP contribution in [0.15, 0.2) is 48.5 Å². The Morgan fingerprint density at radius 1 is 1.08 bits per heavy atom. The van der Waals surface area contributed by atoms with Crippen LogP contribution in [0.4, 0.5) is 16.2 Å². The maximum Gasteiger partial charge on any atom is 0.326 e. The molecule has 25 heavy (non-hydrogen) atoms. The van der Waals surface area contributed by atoms with Crippen LogP contribution in [0.25, 0.3) is 0 Å². The average molecular weight is 340 g/mol. The zero-order chi connectivity index (χ0) is 17.8. The molecular formula is C19H20N2O4. The zero-order valence-electron chi connectivity index (χ0n) is 13.7. The molecule has 0 unspecified atom stereocenters. The maximum atomic E-state index is 12.8. The Hall–Kier alpha value is -2.86. The van der Waals surface area contributed by atoms with E-state index in [1.807, 2.05) is 42.5 Å². The Kier molecular flexibility index (Phi) is 5.00. The van der Waals surface area contributed by atoms with Crippen LogP contribution >= 0.6 is 0 Å². The summed E-state index contributed by atoms with van der Waals surface area (Å²) < 4.78 is 0. The molecule has 3 N–H and O–H groups in total. The summed E-state index contributed by atoms with van der Waals surface area (Å²) in [5.74, 6) is -0.886. The van der Waals surface area contributed by atoms with Crippen LogP contribution in [0.1, 0.15) is 30.1 Å². The normalized spacial score (nSPS) is 15.7. The van der Waals surface area contributed by atoms with Gasteiger partial charge in [0, 0.05) is 24.9 Å². The number of carboxylic acid groups (broad SMARTS) is 1. The lowest BCUT2D eigenvalue weighted by molar-refractivity contribution is -0.137. The quantitative estimate of drug-likeness (QED) is 0.746. The number of nitrogens with one attached hydrogen (secondary N) is 1. The number of carbonyl (C=O) groups is 2.